The molecule has 2 aromatic heterocycles. The first kappa shape index (κ1) is 20.9. The molecule has 1 unspecified atom stereocenters. The third-order valence-corrected chi connectivity index (χ3v) is 4.65. The summed E-state index contributed by atoms with van der Waals surface area (Å²) in [6.45, 7) is 4.08. The smallest absolute Gasteiger partial charge is 0.237 e. The average molecular weight is 460 g/mol. The van der Waals surface area contributed by atoms with Gasteiger partial charge in [-0.2, -0.15) is 10.4 Å². The van der Waals surface area contributed by atoms with Crippen molar-refractivity contribution < 1.29 is 13.9 Å². The Bertz CT molecular complexity index is 1060. The number of halogens is 2. The molecule has 1 atom stereocenters. The highest BCUT2D eigenvalue weighted by Gasteiger charge is 2.16. The molecule has 0 fully saturated rings. The van der Waals surface area contributed by atoms with Gasteiger partial charge in [0.1, 0.15) is 28.3 Å². The standard InChI is InChI=1S/C20H19BrFN5O2/c1-12-20(25-19(21)9-24-12)29-13(2)18-6-15(22)5-4-14(18)10-28-11-16-7-17(8-23)27(3)26-16/h4-7,9,13H,10-11H2,1-3H3. The van der Waals surface area contributed by atoms with Crippen molar-refractivity contribution in [1.82, 2.24) is 19.7 Å². The van der Waals surface area contributed by atoms with Crippen LogP contribution in [-0.2, 0) is 25.0 Å². The third kappa shape index (κ3) is 5.16. The fraction of sp³-hybridized carbons (Fsp3) is 0.300. The van der Waals surface area contributed by atoms with Crippen molar-refractivity contribution in [3.05, 3.63) is 69.1 Å². The van der Waals surface area contributed by atoms with E-state index in [9.17, 15) is 4.39 Å². The fourth-order valence-electron chi connectivity index (χ4n) is 2.80. The van der Waals surface area contributed by atoms with E-state index >= 15 is 0 Å². The lowest BCUT2D eigenvalue weighted by atomic mass is 10.0. The zero-order valence-corrected chi connectivity index (χ0v) is 17.8. The van der Waals surface area contributed by atoms with E-state index in [1.54, 1.807) is 32.3 Å². The summed E-state index contributed by atoms with van der Waals surface area (Å²) in [7, 11) is 1.70. The van der Waals surface area contributed by atoms with E-state index in [4.69, 9.17) is 14.7 Å². The Morgan fingerprint density at radius 3 is 2.83 bits per heavy atom. The Labute approximate surface area is 176 Å². The molecule has 0 aliphatic carbocycles. The number of aromatic nitrogens is 4. The molecule has 0 aliphatic rings. The van der Waals surface area contributed by atoms with Crippen LogP contribution in [0.2, 0.25) is 0 Å². The first-order valence-electron chi connectivity index (χ1n) is 8.82. The van der Waals surface area contributed by atoms with Crippen LogP contribution in [0.3, 0.4) is 0 Å². The predicted molar refractivity (Wildman–Crippen MR) is 106 cm³/mol. The monoisotopic (exact) mass is 459 g/mol. The van der Waals surface area contributed by atoms with Gasteiger partial charge in [0.25, 0.3) is 0 Å². The molecule has 9 heteroatoms. The highest BCUT2D eigenvalue weighted by atomic mass is 79.9. The topological polar surface area (TPSA) is 85.9 Å². The summed E-state index contributed by atoms with van der Waals surface area (Å²) in [5.74, 6) is 0.0140. The van der Waals surface area contributed by atoms with Crippen LogP contribution in [0.5, 0.6) is 5.88 Å². The highest BCUT2D eigenvalue weighted by Crippen LogP contribution is 2.27. The van der Waals surface area contributed by atoms with Crippen molar-refractivity contribution in [2.75, 3.05) is 0 Å². The van der Waals surface area contributed by atoms with E-state index in [-0.39, 0.29) is 19.0 Å². The molecule has 0 aliphatic heterocycles. The summed E-state index contributed by atoms with van der Waals surface area (Å²) in [5.41, 5.74) is 3.19. The van der Waals surface area contributed by atoms with E-state index in [1.165, 1.54) is 16.8 Å². The van der Waals surface area contributed by atoms with Crippen LogP contribution in [-0.4, -0.2) is 19.7 Å². The molecule has 0 saturated heterocycles. The van der Waals surface area contributed by atoms with Crippen molar-refractivity contribution in [1.29, 1.82) is 5.26 Å². The molecule has 3 rings (SSSR count). The third-order valence-electron chi connectivity index (χ3n) is 4.27. The molecule has 3 aromatic rings. The summed E-state index contributed by atoms with van der Waals surface area (Å²) in [5, 5.41) is 13.2. The minimum Gasteiger partial charge on any atom is -0.468 e. The van der Waals surface area contributed by atoms with Gasteiger partial charge in [-0.05, 0) is 53.5 Å². The van der Waals surface area contributed by atoms with E-state index in [0.29, 0.717) is 33.1 Å². The maximum Gasteiger partial charge on any atom is 0.237 e. The number of hydrogen-bond acceptors (Lipinski definition) is 6. The first-order valence-corrected chi connectivity index (χ1v) is 9.61. The second-order valence-corrected chi connectivity index (χ2v) is 7.25. The van der Waals surface area contributed by atoms with E-state index < -0.39 is 6.10 Å². The van der Waals surface area contributed by atoms with Crippen LogP contribution in [0.4, 0.5) is 4.39 Å². The van der Waals surface area contributed by atoms with Crippen LogP contribution < -0.4 is 4.74 Å². The Hall–Kier alpha value is -2.83. The van der Waals surface area contributed by atoms with Gasteiger partial charge in [-0.25, -0.2) is 9.37 Å². The first-order chi connectivity index (χ1) is 13.9. The minimum atomic E-state index is -0.466. The van der Waals surface area contributed by atoms with Gasteiger partial charge >= 0.3 is 0 Å². The lowest BCUT2D eigenvalue weighted by molar-refractivity contribution is 0.101. The van der Waals surface area contributed by atoms with Gasteiger partial charge in [0.2, 0.25) is 5.88 Å². The summed E-state index contributed by atoms with van der Waals surface area (Å²) < 4.78 is 27.6. The normalized spacial score (nSPS) is 11.9. The molecule has 0 radical (unpaired) electrons. The summed E-state index contributed by atoms with van der Waals surface area (Å²) >= 11 is 3.28. The van der Waals surface area contributed by atoms with Crippen molar-refractivity contribution in [2.45, 2.75) is 33.2 Å². The maximum atomic E-state index is 13.9. The largest absolute Gasteiger partial charge is 0.468 e. The highest BCUT2D eigenvalue weighted by molar-refractivity contribution is 9.10. The lowest BCUT2D eigenvalue weighted by Gasteiger charge is -2.19. The number of aryl methyl sites for hydroxylation is 2. The lowest BCUT2D eigenvalue weighted by Crippen LogP contribution is -2.10. The molecule has 0 N–H and O–H groups in total. The van der Waals surface area contributed by atoms with Crippen LogP contribution in [0.15, 0.2) is 35.1 Å². The Morgan fingerprint density at radius 1 is 1.31 bits per heavy atom. The van der Waals surface area contributed by atoms with E-state index in [2.05, 4.69) is 37.1 Å². The number of nitrogens with zero attached hydrogens (tertiary/aromatic N) is 5. The van der Waals surface area contributed by atoms with Gasteiger partial charge in [-0.3, -0.25) is 9.67 Å². The molecular weight excluding hydrogens is 441 g/mol. The molecule has 29 heavy (non-hydrogen) atoms. The van der Waals surface area contributed by atoms with Gasteiger partial charge in [-0.1, -0.05) is 6.07 Å². The number of rotatable bonds is 7. The van der Waals surface area contributed by atoms with Crippen LogP contribution in [0, 0.1) is 24.1 Å². The number of nitriles is 1. The second kappa shape index (κ2) is 9.11. The van der Waals surface area contributed by atoms with Gasteiger partial charge in [0, 0.05) is 12.6 Å². The molecule has 2 heterocycles. The summed E-state index contributed by atoms with van der Waals surface area (Å²) in [6.07, 6.45) is 1.12. The van der Waals surface area contributed by atoms with Crippen LogP contribution in [0.1, 0.15) is 41.2 Å². The summed E-state index contributed by atoms with van der Waals surface area (Å²) in [4.78, 5) is 8.48. The zero-order valence-electron chi connectivity index (χ0n) is 16.2. The predicted octanol–water partition coefficient (Wildman–Crippen LogP) is 4.15. The quantitative estimate of drug-likeness (QED) is 0.527. The molecule has 0 bridgehead atoms. The number of benzene rings is 1. The summed E-state index contributed by atoms with van der Waals surface area (Å²) in [6, 6.07) is 8.21. The minimum absolute atomic E-state index is 0.234. The van der Waals surface area contributed by atoms with Gasteiger partial charge < -0.3 is 9.47 Å². The molecular formula is C20H19BrFN5O2. The number of hydrogen-bond donors (Lipinski definition) is 0. The Balaban J connectivity index is 1.73. The van der Waals surface area contributed by atoms with E-state index in [1.807, 2.05) is 6.92 Å². The second-order valence-electron chi connectivity index (χ2n) is 6.44. The zero-order chi connectivity index (χ0) is 21.0. The van der Waals surface area contributed by atoms with Crippen LogP contribution in [0.25, 0.3) is 0 Å². The van der Waals surface area contributed by atoms with Crippen molar-refractivity contribution in [3.8, 4) is 11.9 Å². The maximum absolute atomic E-state index is 13.9. The molecule has 0 amide bonds. The fourth-order valence-corrected chi connectivity index (χ4v) is 3.06. The van der Waals surface area contributed by atoms with Crippen molar-refractivity contribution in [3.63, 3.8) is 0 Å². The average Bonchev–Trinajstić information content (AvgIpc) is 3.05. The SMILES string of the molecule is Cc1ncc(Br)nc1OC(C)c1cc(F)ccc1COCc1cc(C#N)n(C)n1. The van der Waals surface area contributed by atoms with Crippen LogP contribution >= 0.6 is 15.9 Å². The molecule has 7 nitrogen and oxygen atoms in total. The molecule has 1 aromatic carbocycles. The molecule has 0 saturated carbocycles. The van der Waals surface area contributed by atoms with Gasteiger partial charge in [0.15, 0.2) is 0 Å². The Morgan fingerprint density at radius 2 is 2.10 bits per heavy atom. The van der Waals surface area contributed by atoms with Crippen molar-refractivity contribution in [2.24, 2.45) is 7.05 Å². The molecule has 0 spiro atoms. The van der Waals surface area contributed by atoms with Gasteiger partial charge in [-0.15, -0.1) is 0 Å². The number of ether oxygens (including phenoxy) is 2. The van der Waals surface area contributed by atoms with Crippen molar-refractivity contribution >= 4 is 15.9 Å². The van der Waals surface area contributed by atoms with E-state index in [0.717, 1.165) is 5.56 Å². The van der Waals surface area contributed by atoms with Gasteiger partial charge in [0.05, 0.1) is 30.8 Å². The Kier molecular flexibility index (Phi) is 6.56. The molecule has 150 valence electrons.